The molecule has 0 fully saturated rings. The van der Waals surface area contributed by atoms with Gasteiger partial charge < -0.3 is 0 Å². The molecule has 0 saturated heterocycles. The summed E-state index contributed by atoms with van der Waals surface area (Å²) in [4.78, 5) is 35.1. The molecule has 0 aliphatic rings. The van der Waals surface area contributed by atoms with E-state index in [1.54, 1.807) is 24.3 Å². The molecule has 2 amide bonds. The summed E-state index contributed by atoms with van der Waals surface area (Å²) in [5, 5.41) is 0. The number of imide groups is 1. The van der Waals surface area contributed by atoms with Crippen molar-refractivity contribution >= 4 is 23.3 Å². The molecule has 1 aromatic carbocycles. The van der Waals surface area contributed by atoms with Crippen LogP contribution in [0.3, 0.4) is 0 Å². The maximum atomic E-state index is 11.4. The van der Waals surface area contributed by atoms with E-state index in [1.807, 2.05) is 0 Å². The first-order valence-corrected chi connectivity index (χ1v) is 4.86. The normalized spacial score (nSPS) is 9.69. The number of amides is 2. The van der Waals surface area contributed by atoms with Crippen LogP contribution in [0, 0.1) is 0 Å². The van der Waals surface area contributed by atoms with Gasteiger partial charge in [-0.3, -0.25) is 19.3 Å². The van der Waals surface area contributed by atoms with Crippen LogP contribution in [-0.2, 0) is 9.59 Å². The minimum absolute atomic E-state index is 0.178. The second-order valence-electron chi connectivity index (χ2n) is 3.45. The Morgan fingerprint density at radius 3 is 1.88 bits per heavy atom. The monoisotopic (exact) mass is 219 g/mol. The zero-order chi connectivity index (χ0) is 12.3. The summed E-state index contributed by atoms with van der Waals surface area (Å²) in [7, 11) is 0. The van der Waals surface area contributed by atoms with Crippen molar-refractivity contribution in [3.8, 4) is 0 Å². The Bertz CT molecular complexity index is 437. The molecule has 1 rings (SSSR count). The standard InChI is InChI=1S/C12H13NO3/c1-8(14)11-6-4-5-7-12(11)13(9(2)15)10(3)16/h4-7H,1-3H3. The van der Waals surface area contributed by atoms with Crippen molar-refractivity contribution < 1.29 is 14.4 Å². The molecule has 0 spiro atoms. The van der Waals surface area contributed by atoms with Crippen LogP contribution in [-0.4, -0.2) is 17.6 Å². The van der Waals surface area contributed by atoms with E-state index in [-0.39, 0.29) is 5.78 Å². The van der Waals surface area contributed by atoms with Gasteiger partial charge in [0.2, 0.25) is 11.8 Å². The number of benzene rings is 1. The van der Waals surface area contributed by atoms with Crippen molar-refractivity contribution in [3.63, 3.8) is 0 Å². The lowest BCUT2D eigenvalue weighted by Gasteiger charge is -2.19. The van der Waals surface area contributed by atoms with Gasteiger partial charge in [-0.15, -0.1) is 0 Å². The number of hydrogen-bond donors (Lipinski definition) is 0. The van der Waals surface area contributed by atoms with E-state index < -0.39 is 11.8 Å². The number of nitrogens with zero attached hydrogens (tertiary/aromatic N) is 1. The quantitative estimate of drug-likeness (QED) is 0.712. The van der Waals surface area contributed by atoms with Crippen LogP contribution in [0.25, 0.3) is 0 Å². The highest BCUT2D eigenvalue weighted by molar-refractivity contribution is 6.16. The van der Waals surface area contributed by atoms with E-state index in [1.165, 1.54) is 20.8 Å². The third-order valence-corrected chi connectivity index (χ3v) is 2.15. The summed E-state index contributed by atoms with van der Waals surface area (Å²) < 4.78 is 0. The fourth-order valence-electron chi connectivity index (χ4n) is 1.53. The fraction of sp³-hybridized carbons (Fsp3) is 0.250. The van der Waals surface area contributed by atoms with Crippen LogP contribution in [0.5, 0.6) is 0 Å². The molecule has 84 valence electrons. The molecule has 0 atom stereocenters. The van der Waals surface area contributed by atoms with Crippen molar-refractivity contribution in [2.24, 2.45) is 0 Å². The highest BCUT2D eigenvalue weighted by atomic mass is 16.2. The Kier molecular flexibility index (Phi) is 3.55. The smallest absolute Gasteiger partial charge is 0.230 e. The lowest BCUT2D eigenvalue weighted by atomic mass is 10.1. The summed E-state index contributed by atoms with van der Waals surface area (Å²) in [6, 6.07) is 6.55. The summed E-state index contributed by atoms with van der Waals surface area (Å²) in [6.07, 6.45) is 0. The SMILES string of the molecule is CC(=O)c1ccccc1N(C(C)=O)C(C)=O. The van der Waals surface area contributed by atoms with Gasteiger partial charge in [0.25, 0.3) is 0 Å². The predicted octanol–water partition coefficient (Wildman–Crippen LogP) is 1.79. The molecule has 0 saturated carbocycles. The fourth-order valence-corrected chi connectivity index (χ4v) is 1.53. The molecule has 4 heteroatoms. The maximum absolute atomic E-state index is 11.4. The largest absolute Gasteiger partial charge is 0.294 e. The van der Waals surface area contributed by atoms with Crippen LogP contribution in [0.4, 0.5) is 5.69 Å². The number of carbonyl (C=O) groups is 3. The Hall–Kier alpha value is -1.97. The first kappa shape index (κ1) is 12.1. The summed E-state index contributed by atoms with van der Waals surface area (Å²) in [5.74, 6) is -0.981. The van der Waals surface area contributed by atoms with E-state index in [0.29, 0.717) is 11.3 Å². The minimum Gasteiger partial charge on any atom is -0.294 e. The van der Waals surface area contributed by atoms with Crippen molar-refractivity contribution in [1.29, 1.82) is 0 Å². The van der Waals surface area contributed by atoms with Gasteiger partial charge in [0.15, 0.2) is 5.78 Å². The van der Waals surface area contributed by atoms with Crippen LogP contribution < -0.4 is 4.90 Å². The van der Waals surface area contributed by atoms with Crippen molar-refractivity contribution in [3.05, 3.63) is 29.8 Å². The molecular weight excluding hydrogens is 206 g/mol. The van der Waals surface area contributed by atoms with Gasteiger partial charge in [-0.2, -0.15) is 0 Å². The molecule has 16 heavy (non-hydrogen) atoms. The van der Waals surface area contributed by atoms with E-state index in [2.05, 4.69) is 0 Å². The molecule has 0 bridgehead atoms. The molecular formula is C12H13NO3. The third kappa shape index (κ3) is 2.34. The minimum atomic E-state index is -0.402. The van der Waals surface area contributed by atoms with Gasteiger partial charge in [-0.05, 0) is 19.1 Å². The van der Waals surface area contributed by atoms with Gasteiger partial charge in [0.1, 0.15) is 0 Å². The van der Waals surface area contributed by atoms with Gasteiger partial charge in [-0.1, -0.05) is 12.1 Å². The second kappa shape index (κ2) is 4.70. The third-order valence-electron chi connectivity index (χ3n) is 2.15. The number of anilines is 1. The Labute approximate surface area is 93.9 Å². The number of carbonyl (C=O) groups excluding carboxylic acids is 3. The second-order valence-corrected chi connectivity index (χ2v) is 3.45. The maximum Gasteiger partial charge on any atom is 0.230 e. The number of para-hydroxylation sites is 1. The van der Waals surface area contributed by atoms with Crippen LogP contribution in [0.15, 0.2) is 24.3 Å². The zero-order valence-electron chi connectivity index (χ0n) is 9.48. The van der Waals surface area contributed by atoms with E-state index in [9.17, 15) is 14.4 Å². The molecule has 0 N–H and O–H groups in total. The lowest BCUT2D eigenvalue weighted by Crippen LogP contribution is -2.34. The van der Waals surface area contributed by atoms with Crippen molar-refractivity contribution in [2.45, 2.75) is 20.8 Å². The Morgan fingerprint density at radius 1 is 0.938 bits per heavy atom. The average molecular weight is 219 g/mol. The molecule has 1 aromatic rings. The summed E-state index contributed by atoms with van der Waals surface area (Å²) >= 11 is 0. The molecule has 0 radical (unpaired) electrons. The number of Topliss-reactive ketones (excluding diaryl/α,β-unsaturated/α-hetero) is 1. The number of rotatable bonds is 2. The van der Waals surface area contributed by atoms with E-state index in [4.69, 9.17) is 0 Å². The predicted molar refractivity (Wildman–Crippen MR) is 60.3 cm³/mol. The van der Waals surface area contributed by atoms with Gasteiger partial charge >= 0.3 is 0 Å². The van der Waals surface area contributed by atoms with Crippen molar-refractivity contribution in [2.75, 3.05) is 4.90 Å². The van der Waals surface area contributed by atoms with E-state index in [0.717, 1.165) is 4.90 Å². The molecule has 0 aliphatic heterocycles. The van der Waals surface area contributed by atoms with Crippen LogP contribution >= 0.6 is 0 Å². The first-order valence-electron chi connectivity index (χ1n) is 4.86. The summed E-state index contributed by atoms with van der Waals surface area (Å²) in [6.45, 7) is 3.98. The zero-order valence-corrected chi connectivity index (χ0v) is 9.48. The molecule has 0 heterocycles. The highest BCUT2D eigenvalue weighted by Gasteiger charge is 2.20. The Balaban J connectivity index is 3.35. The lowest BCUT2D eigenvalue weighted by molar-refractivity contribution is -0.124. The van der Waals surface area contributed by atoms with Crippen LogP contribution in [0.1, 0.15) is 31.1 Å². The molecule has 0 unspecified atom stereocenters. The Morgan fingerprint density at radius 2 is 1.44 bits per heavy atom. The van der Waals surface area contributed by atoms with Gasteiger partial charge in [0, 0.05) is 19.4 Å². The molecule has 4 nitrogen and oxygen atoms in total. The van der Waals surface area contributed by atoms with Gasteiger partial charge in [-0.25, -0.2) is 0 Å². The highest BCUT2D eigenvalue weighted by Crippen LogP contribution is 2.21. The van der Waals surface area contributed by atoms with Gasteiger partial charge in [0.05, 0.1) is 5.69 Å². The van der Waals surface area contributed by atoms with E-state index >= 15 is 0 Å². The molecule has 0 aliphatic carbocycles. The van der Waals surface area contributed by atoms with Crippen LogP contribution in [0.2, 0.25) is 0 Å². The van der Waals surface area contributed by atoms with Crippen molar-refractivity contribution in [1.82, 2.24) is 0 Å². The number of hydrogen-bond acceptors (Lipinski definition) is 3. The first-order chi connectivity index (χ1) is 7.45. The average Bonchev–Trinajstić information content (AvgIpc) is 2.17. The molecule has 0 aromatic heterocycles. The summed E-state index contributed by atoms with van der Waals surface area (Å²) in [5.41, 5.74) is 0.711. The number of ketones is 1. The topological polar surface area (TPSA) is 54.5 Å².